The number of ether oxygens (including phenoxy) is 1. The molecule has 2 rings (SSSR count). The Morgan fingerprint density at radius 2 is 1.48 bits per heavy atom. The molecule has 27 heavy (non-hydrogen) atoms. The Morgan fingerprint density at radius 3 is 2.07 bits per heavy atom. The maximum Gasteiger partial charge on any atom is 0.0962 e. The molecule has 2 atom stereocenters. The Morgan fingerprint density at radius 1 is 0.926 bits per heavy atom. The van der Waals surface area contributed by atoms with Crippen LogP contribution in [0.2, 0.25) is 0 Å². The molecule has 148 valence electrons. The Bertz CT molecular complexity index is 750. The van der Waals surface area contributed by atoms with Gasteiger partial charge in [-0.25, -0.2) is 0 Å². The third kappa shape index (κ3) is 5.60. The number of aliphatic hydroxyl groups excluding tert-OH is 1. The highest BCUT2D eigenvalue weighted by Crippen LogP contribution is 2.32. The van der Waals surface area contributed by atoms with Crippen LogP contribution in [-0.4, -0.2) is 22.2 Å². The second kappa shape index (κ2) is 8.49. The highest BCUT2D eigenvalue weighted by molar-refractivity contribution is 5.21. The molecule has 2 heterocycles. The predicted molar refractivity (Wildman–Crippen MR) is 110 cm³/mol. The van der Waals surface area contributed by atoms with Gasteiger partial charge in [-0.05, 0) is 44.0 Å². The Labute approximate surface area is 164 Å². The molecule has 2 aromatic heterocycles. The Balaban J connectivity index is 2.11. The SMILES string of the molecule is CO[C@@H](C)c1cccc(C(C)(C)CC[C@H](O)c2cccc(C(C)(C)C)n2)n1. The van der Waals surface area contributed by atoms with Gasteiger partial charge in [0.2, 0.25) is 0 Å². The third-order valence-electron chi connectivity index (χ3n) is 5.16. The van der Waals surface area contributed by atoms with Gasteiger partial charge in [-0.2, -0.15) is 0 Å². The lowest BCUT2D eigenvalue weighted by Gasteiger charge is -2.26. The fraction of sp³-hybridized carbons (Fsp3) is 0.565. The maximum atomic E-state index is 10.7. The van der Waals surface area contributed by atoms with Gasteiger partial charge in [0.1, 0.15) is 0 Å². The van der Waals surface area contributed by atoms with Crippen molar-refractivity contribution in [2.24, 2.45) is 0 Å². The molecule has 0 aromatic carbocycles. The first kappa shape index (κ1) is 21.5. The monoisotopic (exact) mass is 370 g/mol. The average molecular weight is 371 g/mol. The molecule has 0 saturated heterocycles. The van der Waals surface area contributed by atoms with Crippen LogP contribution in [0.3, 0.4) is 0 Å². The number of aromatic nitrogens is 2. The van der Waals surface area contributed by atoms with Crippen LogP contribution in [0, 0.1) is 0 Å². The quantitative estimate of drug-likeness (QED) is 0.721. The molecule has 0 spiro atoms. The number of hydrogen-bond donors (Lipinski definition) is 1. The van der Waals surface area contributed by atoms with E-state index in [0.717, 1.165) is 29.2 Å². The van der Waals surface area contributed by atoms with Gasteiger partial charge in [-0.15, -0.1) is 0 Å². The zero-order chi connectivity index (χ0) is 20.2. The molecular weight excluding hydrogens is 336 g/mol. The van der Waals surface area contributed by atoms with Crippen LogP contribution in [0.25, 0.3) is 0 Å². The Kier molecular flexibility index (Phi) is 6.77. The minimum Gasteiger partial charge on any atom is -0.387 e. The van der Waals surface area contributed by atoms with Crippen LogP contribution in [0.4, 0.5) is 0 Å². The van der Waals surface area contributed by atoms with Gasteiger partial charge in [0.15, 0.2) is 0 Å². The normalized spacial score (nSPS) is 14.8. The standard InChI is InChI=1S/C23H34N2O2/c1-16(27-7)17-10-8-13-21(24-17)23(5,6)15-14-19(26)18-11-9-12-20(25-18)22(2,3)4/h8-13,16,19,26H,14-15H2,1-7H3/t16-,19-/m0/s1. The van der Waals surface area contributed by atoms with Crippen LogP contribution in [-0.2, 0) is 15.6 Å². The van der Waals surface area contributed by atoms with Gasteiger partial charge in [-0.3, -0.25) is 9.97 Å². The van der Waals surface area contributed by atoms with Crippen LogP contribution in [0.5, 0.6) is 0 Å². The first-order valence-corrected chi connectivity index (χ1v) is 9.70. The summed E-state index contributed by atoms with van der Waals surface area (Å²) >= 11 is 0. The van der Waals surface area contributed by atoms with E-state index < -0.39 is 6.10 Å². The van der Waals surface area contributed by atoms with Crippen molar-refractivity contribution in [3.8, 4) is 0 Å². The molecule has 0 unspecified atom stereocenters. The molecule has 0 radical (unpaired) electrons. The molecule has 2 aromatic rings. The van der Waals surface area contributed by atoms with Crippen molar-refractivity contribution in [2.75, 3.05) is 7.11 Å². The molecule has 4 heteroatoms. The lowest BCUT2D eigenvalue weighted by Crippen LogP contribution is -2.21. The summed E-state index contributed by atoms with van der Waals surface area (Å²) in [5.74, 6) is 0. The second-order valence-corrected chi connectivity index (χ2v) is 8.96. The molecule has 0 aliphatic rings. The molecule has 0 saturated carbocycles. The summed E-state index contributed by atoms with van der Waals surface area (Å²) in [6, 6.07) is 12.0. The number of rotatable bonds is 7. The highest BCUT2D eigenvalue weighted by atomic mass is 16.5. The largest absolute Gasteiger partial charge is 0.387 e. The molecule has 0 bridgehead atoms. The molecule has 1 N–H and O–H groups in total. The summed E-state index contributed by atoms with van der Waals surface area (Å²) in [6.07, 6.45) is 0.843. The van der Waals surface area contributed by atoms with Crippen LogP contribution >= 0.6 is 0 Å². The first-order chi connectivity index (χ1) is 12.5. The van der Waals surface area contributed by atoms with E-state index in [4.69, 9.17) is 9.72 Å². The van der Waals surface area contributed by atoms with Gasteiger partial charge >= 0.3 is 0 Å². The minimum absolute atomic E-state index is 0.0304. The fourth-order valence-electron chi connectivity index (χ4n) is 3.00. The van der Waals surface area contributed by atoms with Crippen molar-refractivity contribution in [3.05, 3.63) is 59.2 Å². The van der Waals surface area contributed by atoms with Gasteiger partial charge < -0.3 is 9.84 Å². The third-order valence-corrected chi connectivity index (χ3v) is 5.16. The Hall–Kier alpha value is -1.78. The number of aliphatic hydroxyl groups is 1. The molecule has 0 amide bonds. The minimum atomic E-state index is -0.576. The zero-order valence-corrected chi connectivity index (χ0v) is 17.8. The van der Waals surface area contributed by atoms with E-state index >= 15 is 0 Å². The summed E-state index contributed by atoms with van der Waals surface area (Å²) in [6.45, 7) is 12.7. The lowest BCUT2D eigenvalue weighted by molar-refractivity contribution is 0.115. The maximum absolute atomic E-state index is 10.7. The summed E-state index contributed by atoms with van der Waals surface area (Å²) in [5.41, 5.74) is 3.52. The fourth-order valence-corrected chi connectivity index (χ4v) is 3.00. The van der Waals surface area contributed by atoms with Crippen molar-refractivity contribution in [1.82, 2.24) is 9.97 Å². The van der Waals surface area contributed by atoms with E-state index in [0.29, 0.717) is 6.42 Å². The molecule has 0 aliphatic carbocycles. The predicted octanol–water partition coefficient (Wildman–Crippen LogP) is 5.27. The summed E-state index contributed by atoms with van der Waals surface area (Å²) in [4.78, 5) is 9.47. The van der Waals surface area contributed by atoms with Crippen molar-refractivity contribution >= 4 is 0 Å². The van der Waals surface area contributed by atoms with Crippen molar-refractivity contribution in [2.45, 2.75) is 77.4 Å². The van der Waals surface area contributed by atoms with E-state index in [1.807, 2.05) is 37.3 Å². The second-order valence-electron chi connectivity index (χ2n) is 8.96. The first-order valence-electron chi connectivity index (χ1n) is 9.70. The van der Waals surface area contributed by atoms with Crippen LogP contribution in [0.1, 0.15) is 89.4 Å². The van der Waals surface area contributed by atoms with Gasteiger partial charge in [0, 0.05) is 29.3 Å². The van der Waals surface area contributed by atoms with Crippen LogP contribution in [0.15, 0.2) is 36.4 Å². The summed E-state index contributed by atoms with van der Waals surface area (Å²) < 4.78 is 5.39. The van der Waals surface area contributed by atoms with E-state index in [9.17, 15) is 5.11 Å². The zero-order valence-electron chi connectivity index (χ0n) is 17.8. The smallest absolute Gasteiger partial charge is 0.0962 e. The summed E-state index contributed by atoms with van der Waals surface area (Å²) in [5, 5.41) is 10.7. The number of pyridine rings is 2. The number of methoxy groups -OCH3 is 1. The van der Waals surface area contributed by atoms with E-state index in [2.05, 4.69) is 45.7 Å². The number of nitrogens with zero attached hydrogens (tertiary/aromatic N) is 2. The van der Waals surface area contributed by atoms with Crippen molar-refractivity contribution in [3.63, 3.8) is 0 Å². The van der Waals surface area contributed by atoms with E-state index in [1.165, 1.54) is 0 Å². The van der Waals surface area contributed by atoms with Gasteiger partial charge in [0.25, 0.3) is 0 Å². The van der Waals surface area contributed by atoms with Crippen molar-refractivity contribution < 1.29 is 9.84 Å². The van der Waals surface area contributed by atoms with E-state index in [1.54, 1.807) is 7.11 Å². The average Bonchev–Trinajstić information content (AvgIpc) is 2.65. The van der Waals surface area contributed by atoms with Gasteiger partial charge in [-0.1, -0.05) is 46.8 Å². The van der Waals surface area contributed by atoms with Crippen LogP contribution < -0.4 is 0 Å². The molecule has 4 nitrogen and oxygen atoms in total. The van der Waals surface area contributed by atoms with Crippen molar-refractivity contribution in [1.29, 1.82) is 0 Å². The van der Waals surface area contributed by atoms with Gasteiger partial charge in [0.05, 0.1) is 23.6 Å². The highest BCUT2D eigenvalue weighted by Gasteiger charge is 2.25. The molecule has 0 fully saturated rings. The molecule has 0 aliphatic heterocycles. The summed E-state index contributed by atoms with van der Waals surface area (Å²) in [7, 11) is 1.69. The lowest BCUT2D eigenvalue weighted by atomic mass is 9.82. The molecular formula is C23H34N2O2. The van der Waals surface area contributed by atoms with E-state index in [-0.39, 0.29) is 16.9 Å². The topological polar surface area (TPSA) is 55.2 Å². The number of hydrogen-bond acceptors (Lipinski definition) is 4.